The number of amides is 1. The van der Waals surface area contributed by atoms with E-state index in [0.717, 1.165) is 60.0 Å². The van der Waals surface area contributed by atoms with E-state index in [0.29, 0.717) is 30.9 Å². The lowest BCUT2D eigenvalue weighted by atomic mass is 9.76. The molecule has 2 aliphatic heterocycles. The van der Waals surface area contributed by atoms with Crippen LogP contribution in [0, 0.1) is 19.3 Å². The molecule has 0 unspecified atom stereocenters. The van der Waals surface area contributed by atoms with Gasteiger partial charge in [0.2, 0.25) is 5.01 Å². The SMILES string of the molecule is CCc1nn(CCCOC(=O)c2nc(C)c(C)s2)c2c1C(=O)NCC1(CCOCC1)C2. The summed E-state index contributed by atoms with van der Waals surface area (Å²) in [5.41, 5.74) is 3.46. The Labute approximate surface area is 186 Å². The third-order valence-electron chi connectivity index (χ3n) is 6.36. The molecule has 2 aliphatic rings. The number of hydrogen-bond acceptors (Lipinski definition) is 7. The summed E-state index contributed by atoms with van der Waals surface area (Å²) in [5.74, 6) is -0.405. The Morgan fingerprint density at radius 2 is 2.10 bits per heavy atom. The van der Waals surface area contributed by atoms with Crippen LogP contribution in [-0.4, -0.2) is 53.0 Å². The van der Waals surface area contributed by atoms with Crippen LogP contribution in [0.1, 0.15) is 68.3 Å². The highest BCUT2D eigenvalue weighted by Crippen LogP contribution is 2.37. The number of aromatic nitrogens is 3. The van der Waals surface area contributed by atoms with Gasteiger partial charge in [-0.2, -0.15) is 5.10 Å². The Bertz CT molecular complexity index is 955. The molecule has 2 aromatic rings. The molecule has 9 heteroatoms. The first kappa shape index (κ1) is 22.0. The van der Waals surface area contributed by atoms with Crippen molar-refractivity contribution in [2.24, 2.45) is 5.41 Å². The van der Waals surface area contributed by atoms with Crippen molar-refractivity contribution < 1.29 is 19.1 Å². The molecule has 1 amide bonds. The Balaban J connectivity index is 1.45. The Morgan fingerprint density at radius 3 is 2.77 bits per heavy atom. The maximum atomic E-state index is 12.9. The van der Waals surface area contributed by atoms with E-state index in [1.54, 1.807) is 0 Å². The van der Waals surface area contributed by atoms with Gasteiger partial charge in [0, 0.05) is 37.6 Å². The molecule has 4 heterocycles. The van der Waals surface area contributed by atoms with Crippen LogP contribution in [0.5, 0.6) is 0 Å². The molecule has 8 nitrogen and oxygen atoms in total. The van der Waals surface area contributed by atoms with E-state index < -0.39 is 0 Å². The molecule has 0 bridgehead atoms. The van der Waals surface area contributed by atoms with Crippen LogP contribution in [0.15, 0.2) is 0 Å². The number of aryl methyl sites for hydroxylation is 4. The molecule has 4 rings (SSSR count). The lowest BCUT2D eigenvalue weighted by Gasteiger charge is -2.36. The molecule has 1 saturated heterocycles. The van der Waals surface area contributed by atoms with Gasteiger partial charge in [0.05, 0.1) is 29.3 Å². The van der Waals surface area contributed by atoms with Crippen molar-refractivity contribution in [1.82, 2.24) is 20.1 Å². The number of thiazole rings is 1. The van der Waals surface area contributed by atoms with Crippen molar-refractivity contribution in [3.63, 3.8) is 0 Å². The highest BCUT2D eigenvalue weighted by atomic mass is 32.1. The number of rotatable bonds is 6. The van der Waals surface area contributed by atoms with E-state index in [1.165, 1.54) is 11.3 Å². The van der Waals surface area contributed by atoms with E-state index in [1.807, 2.05) is 25.5 Å². The fourth-order valence-corrected chi connectivity index (χ4v) is 5.17. The lowest BCUT2D eigenvalue weighted by Crippen LogP contribution is -2.40. The molecule has 31 heavy (non-hydrogen) atoms. The molecule has 2 aromatic heterocycles. The minimum absolute atomic E-state index is 0.0228. The Kier molecular flexibility index (Phi) is 6.43. The van der Waals surface area contributed by atoms with Gasteiger partial charge < -0.3 is 14.8 Å². The van der Waals surface area contributed by atoms with Crippen LogP contribution in [0.25, 0.3) is 0 Å². The Hall–Kier alpha value is -2.26. The lowest BCUT2D eigenvalue weighted by molar-refractivity contribution is 0.0152. The fraction of sp³-hybridized carbons (Fsp3) is 0.636. The number of nitrogens with zero attached hydrogens (tertiary/aromatic N) is 3. The minimum atomic E-state index is -0.379. The van der Waals surface area contributed by atoms with Crippen LogP contribution in [0.4, 0.5) is 0 Å². The zero-order valence-electron chi connectivity index (χ0n) is 18.5. The summed E-state index contributed by atoms with van der Waals surface area (Å²) in [6.07, 6.45) is 4.02. The molecular formula is C22H30N4O4S. The zero-order chi connectivity index (χ0) is 22.0. The number of carbonyl (C=O) groups is 2. The first-order valence-electron chi connectivity index (χ1n) is 11.0. The van der Waals surface area contributed by atoms with Crippen molar-refractivity contribution in [2.45, 2.75) is 59.4 Å². The number of fused-ring (bicyclic) bond motifs is 1. The molecule has 0 saturated carbocycles. The molecule has 1 N–H and O–H groups in total. The third kappa shape index (κ3) is 4.52. The van der Waals surface area contributed by atoms with Gasteiger partial charge in [-0.1, -0.05) is 6.92 Å². The topological polar surface area (TPSA) is 95.3 Å². The van der Waals surface area contributed by atoms with Crippen LogP contribution >= 0.6 is 11.3 Å². The summed E-state index contributed by atoms with van der Waals surface area (Å²) in [7, 11) is 0. The molecule has 0 aromatic carbocycles. The molecule has 0 atom stereocenters. The quantitative estimate of drug-likeness (QED) is 0.542. The second-order valence-electron chi connectivity index (χ2n) is 8.47. The smallest absolute Gasteiger partial charge is 0.367 e. The van der Waals surface area contributed by atoms with Gasteiger partial charge >= 0.3 is 5.97 Å². The van der Waals surface area contributed by atoms with Crippen molar-refractivity contribution in [2.75, 3.05) is 26.4 Å². The number of hydrogen-bond donors (Lipinski definition) is 1. The number of esters is 1. The van der Waals surface area contributed by atoms with Gasteiger partial charge in [-0.25, -0.2) is 9.78 Å². The second kappa shape index (κ2) is 9.08. The molecule has 168 valence electrons. The molecule has 0 radical (unpaired) electrons. The average Bonchev–Trinajstić information content (AvgIpc) is 3.25. The third-order valence-corrected chi connectivity index (χ3v) is 7.42. The number of ether oxygens (including phenoxy) is 2. The van der Waals surface area contributed by atoms with Crippen LogP contribution in [0.3, 0.4) is 0 Å². The molecule has 0 aliphatic carbocycles. The van der Waals surface area contributed by atoms with Gasteiger partial charge in [-0.3, -0.25) is 9.48 Å². The van der Waals surface area contributed by atoms with Crippen LogP contribution in [-0.2, 0) is 28.9 Å². The molecule has 1 spiro atoms. The first-order chi connectivity index (χ1) is 14.9. The molecular weight excluding hydrogens is 416 g/mol. The van der Waals surface area contributed by atoms with Crippen LogP contribution < -0.4 is 5.32 Å². The number of carbonyl (C=O) groups excluding carboxylic acids is 2. The predicted molar refractivity (Wildman–Crippen MR) is 117 cm³/mol. The summed E-state index contributed by atoms with van der Waals surface area (Å²) < 4.78 is 13.0. The summed E-state index contributed by atoms with van der Waals surface area (Å²) in [4.78, 5) is 30.4. The number of nitrogens with one attached hydrogen (secondary N) is 1. The highest BCUT2D eigenvalue weighted by molar-refractivity contribution is 7.13. The standard InChI is InChI=1S/C22H30N4O4S/c1-4-16-18-17(12-22(13-23-19(18)27)6-10-29-11-7-22)26(25-16)8-5-9-30-21(28)20-24-14(2)15(3)31-20/h4-13H2,1-3H3,(H,23,27). The maximum absolute atomic E-state index is 12.9. The highest BCUT2D eigenvalue weighted by Gasteiger charge is 2.39. The first-order valence-corrected chi connectivity index (χ1v) is 11.8. The van der Waals surface area contributed by atoms with Crippen molar-refractivity contribution in [1.29, 1.82) is 0 Å². The van der Waals surface area contributed by atoms with Gasteiger partial charge in [0.25, 0.3) is 5.91 Å². The van der Waals surface area contributed by atoms with Crippen LogP contribution in [0.2, 0.25) is 0 Å². The van der Waals surface area contributed by atoms with E-state index in [4.69, 9.17) is 14.6 Å². The normalized spacial score (nSPS) is 17.8. The maximum Gasteiger partial charge on any atom is 0.367 e. The average molecular weight is 447 g/mol. The van der Waals surface area contributed by atoms with E-state index >= 15 is 0 Å². The van der Waals surface area contributed by atoms with Crippen molar-refractivity contribution in [3.05, 3.63) is 32.5 Å². The van der Waals surface area contributed by atoms with E-state index in [2.05, 4.69) is 10.3 Å². The summed E-state index contributed by atoms with van der Waals surface area (Å²) in [5, 5.41) is 8.27. The summed E-state index contributed by atoms with van der Waals surface area (Å²) >= 11 is 1.36. The monoisotopic (exact) mass is 446 g/mol. The second-order valence-corrected chi connectivity index (χ2v) is 9.67. The van der Waals surface area contributed by atoms with E-state index in [-0.39, 0.29) is 23.9 Å². The zero-order valence-corrected chi connectivity index (χ0v) is 19.3. The van der Waals surface area contributed by atoms with Gasteiger partial charge in [-0.15, -0.1) is 11.3 Å². The Morgan fingerprint density at radius 1 is 1.32 bits per heavy atom. The van der Waals surface area contributed by atoms with Crippen molar-refractivity contribution in [3.8, 4) is 0 Å². The fourth-order valence-electron chi connectivity index (χ4n) is 4.36. The predicted octanol–water partition coefficient (Wildman–Crippen LogP) is 2.85. The molecule has 1 fully saturated rings. The van der Waals surface area contributed by atoms with Gasteiger partial charge in [-0.05, 0) is 44.9 Å². The summed E-state index contributed by atoms with van der Waals surface area (Å²) in [6.45, 7) is 8.88. The summed E-state index contributed by atoms with van der Waals surface area (Å²) in [6, 6.07) is 0. The van der Waals surface area contributed by atoms with E-state index in [9.17, 15) is 9.59 Å². The van der Waals surface area contributed by atoms with Crippen molar-refractivity contribution >= 4 is 23.2 Å². The van der Waals surface area contributed by atoms with Gasteiger partial charge in [0.1, 0.15) is 0 Å². The van der Waals surface area contributed by atoms with Gasteiger partial charge in [0.15, 0.2) is 0 Å². The largest absolute Gasteiger partial charge is 0.460 e. The minimum Gasteiger partial charge on any atom is -0.460 e.